The molecule has 0 aliphatic carbocycles. The average molecular weight is 576 g/mol. The number of nitrogens with one attached hydrogen (secondary N) is 1. The Bertz CT molecular complexity index is 1680. The first-order chi connectivity index (χ1) is 19.4. The number of methoxy groups -OCH3 is 1. The van der Waals surface area contributed by atoms with Crippen molar-refractivity contribution in [2.75, 3.05) is 12.0 Å². The van der Waals surface area contributed by atoms with Gasteiger partial charge in [-0.15, -0.1) is 0 Å². The number of rotatable bonds is 7. The minimum Gasteiger partial charge on any atom is -0.493 e. The van der Waals surface area contributed by atoms with Crippen molar-refractivity contribution < 1.29 is 24.0 Å². The van der Waals surface area contributed by atoms with Crippen molar-refractivity contribution in [3.05, 3.63) is 109 Å². The summed E-state index contributed by atoms with van der Waals surface area (Å²) in [5.74, 6) is -1.30. The molecular formula is C28H21N3O7S2. The number of thiazole rings is 1. The molecule has 3 heterocycles. The van der Waals surface area contributed by atoms with Crippen LogP contribution in [-0.4, -0.2) is 34.1 Å². The summed E-state index contributed by atoms with van der Waals surface area (Å²) in [7, 11) is 1.52. The Kier molecular flexibility index (Phi) is 6.64. The van der Waals surface area contributed by atoms with Crippen LogP contribution in [0.2, 0.25) is 0 Å². The number of H-pyrrole nitrogens is 1. The molecule has 1 fully saturated rings. The van der Waals surface area contributed by atoms with Crippen LogP contribution in [0.1, 0.15) is 21.9 Å². The lowest BCUT2D eigenvalue weighted by Gasteiger charge is -2.30. The molecule has 6 rings (SSSR count). The number of aromatic amines is 1. The summed E-state index contributed by atoms with van der Waals surface area (Å²) in [6.07, 6.45) is 0. The van der Waals surface area contributed by atoms with Crippen molar-refractivity contribution in [2.24, 2.45) is 5.92 Å². The number of thioether (sulfide) groups is 1. The van der Waals surface area contributed by atoms with Crippen molar-refractivity contribution in [2.45, 2.75) is 22.8 Å². The van der Waals surface area contributed by atoms with E-state index >= 15 is 0 Å². The van der Waals surface area contributed by atoms with E-state index in [0.717, 1.165) is 33.6 Å². The van der Waals surface area contributed by atoms with Gasteiger partial charge < -0.3 is 14.5 Å². The number of nitro benzene ring substituents is 1. The van der Waals surface area contributed by atoms with Gasteiger partial charge in [0.1, 0.15) is 11.9 Å². The second-order valence-corrected chi connectivity index (χ2v) is 11.4. The molecule has 1 N–H and O–H groups in total. The molecule has 12 heteroatoms. The van der Waals surface area contributed by atoms with Gasteiger partial charge in [0.25, 0.3) is 5.69 Å². The number of hydrogen-bond acceptors (Lipinski definition) is 9. The highest BCUT2D eigenvalue weighted by Gasteiger charge is 2.56. The Labute approximate surface area is 235 Å². The third kappa shape index (κ3) is 4.44. The number of aromatic nitrogens is 1. The van der Waals surface area contributed by atoms with Crippen LogP contribution in [0.4, 0.5) is 11.4 Å². The first-order valence-electron chi connectivity index (χ1n) is 12.2. The molecular weight excluding hydrogens is 554 g/mol. The third-order valence-corrected chi connectivity index (χ3v) is 9.33. The number of nitro groups is 1. The second kappa shape index (κ2) is 10.3. The summed E-state index contributed by atoms with van der Waals surface area (Å²) in [5.41, 5.74) is 1.80. The molecule has 2 amide bonds. The summed E-state index contributed by atoms with van der Waals surface area (Å²) < 4.78 is 11.6. The summed E-state index contributed by atoms with van der Waals surface area (Å²) in [6, 6.07) is 20.4. The largest absolute Gasteiger partial charge is 0.493 e. The third-order valence-electron chi connectivity index (χ3n) is 6.93. The summed E-state index contributed by atoms with van der Waals surface area (Å²) in [6.45, 7) is 0.335. The Morgan fingerprint density at radius 1 is 0.975 bits per heavy atom. The lowest BCUT2D eigenvalue weighted by atomic mass is 9.83. The monoisotopic (exact) mass is 575 g/mol. The highest BCUT2D eigenvalue weighted by atomic mass is 32.2. The van der Waals surface area contributed by atoms with Crippen LogP contribution >= 0.6 is 23.1 Å². The molecule has 0 bridgehead atoms. The van der Waals surface area contributed by atoms with Crippen molar-refractivity contribution in [3.8, 4) is 11.5 Å². The van der Waals surface area contributed by atoms with E-state index in [1.54, 1.807) is 12.1 Å². The van der Waals surface area contributed by atoms with Crippen LogP contribution in [0, 0.1) is 16.0 Å². The van der Waals surface area contributed by atoms with Crippen molar-refractivity contribution >= 4 is 46.3 Å². The van der Waals surface area contributed by atoms with Crippen LogP contribution in [0.25, 0.3) is 0 Å². The number of anilines is 1. The van der Waals surface area contributed by atoms with Crippen LogP contribution < -0.4 is 19.2 Å². The molecule has 3 aromatic carbocycles. The van der Waals surface area contributed by atoms with Gasteiger partial charge in [-0.3, -0.25) is 24.5 Å². The minimum atomic E-state index is -0.799. The van der Waals surface area contributed by atoms with Gasteiger partial charge in [0.2, 0.25) is 11.8 Å². The van der Waals surface area contributed by atoms with Gasteiger partial charge in [-0.1, -0.05) is 59.5 Å². The van der Waals surface area contributed by atoms with E-state index in [-0.39, 0.29) is 16.2 Å². The topological polar surface area (TPSA) is 132 Å². The van der Waals surface area contributed by atoms with E-state index in [4.69, 9.17) is 9.47 Å². The number of carbonyl (C=O) groups excluding carboxylic acids is 2. The zero-order valence-corrected chi connectivity index (χ0v) is 22.6. The standard InChI is InChI=1S/C28H21N3O7S2/c1-37-20-13-16(7-12-19(20)38-14-15-5-3-2-4-6-15)21-22-24(39-25-23(21)40-28(34)29-25)27(33)30(26(22)32)17-8-10-18(11-9-17)31(35)36/h2-13,21-22,24H,14H2,1H3,(H,29,34). The number of ether oxygens (including phenoxy) is 2. The molecule has 2 aliphatic rings. The van der Waals surface area contributed by atoms with Crippen LogP contribution in [0.15, 0.2) is 82.6 Å². The molecule has 0 radical (unpaired) electrons. The molecule has 3 unspecified atom stereocenters. The molecule has 202 valence electrons. The minimum absolute atomic E-state index is 0.145. The number of nitrogens with zero attached hydrogens (tertiary/aromatic N) is 2. The van der Waals surface area contributed by atoms with E-state index in [0.29, 0.717) is 33.6 Å². The number of hydrogen-bond donors (Lipinski definition) is 1. The molecule has 0 saturated carbocycles. The molecule has 2 aliphatic heterocycles. The zero-order valence-electron chi connectivity index (χ0n) is 20.9. The van der Waals surface area contributed by atoms with Crippen LogP contribution in [0.5, 0.6) is 11.5 Å². The molecule has 1 aromatic heterocycles. The number of fused-ring (bicyclic) bond motifs is 2. The highest BCUT2D eigenvalue weighted by Crippen LogP contribution is 2.53. The lowest BCUT2D eigenvalue weighted by molar-refractivity contribution is -0.384. The predicted molar refractivity (Wildman–Crippen MR) is 149 cm³/mol. The zero-order chi connectivity index (χ0) is 28.0. The molecule has 10 nitrogen and oxygen atoms in total. The van der Waals surface area contributed by atoms with Gasteiger partial charge in [0.05, 0.1) is 28.7 Å². The van der Waals surface area contributed by atoms with Gasteiger partial charge in [0, 0.05) is 22.9 Å². The molecule has 1 saturated heterocycles. The first-order valence-corrected chi connectivity index (χ1v) is 13.9. The quantitative estimate of drug-likeness (QED) is 0.190. The van der Waals surface area contributed by atoms with Gasteiger partial charge in [-0.25, -0.2) is 4.90 Å². The second-order valence-electron chi connectivity index (χ2n) is 9.22. The smallest absolute Gasteiger partial charge is 0.305 e. The van der Waals surface area contributed by atoms with E-state index in [9.17, 15) is 24.5 Å². The Hall–Kier alpha value is -4.42. The van der Waals surface area contributed by atoms with Crippen molar-refractivity contribution in [3.63, 3.8) is 0 Å². The SMILES string of the molecule is COc1cc(C2c3sc(=O)[nH]c3SC3C(=O)N(c4ccc([N+](=O)[O-])cc4)C(=O)C32)ccc1OCc1ccccc1. The van der Waals surface area contributed by atoms with E-state index in [2.05, 4.69) is 4.98 Å². The fourth-order valence-corrected chi connectivity index (χ4v) is 7.60. The maximum Gasteiger partial charge on any atom is 0.305 e. The van der Waals surface area contributed by atoms with E-state index in [1.807, 2.05) is 36.4 Å². The lowest BCUT2D eigenvalue weighted by Crippen LogP contribution is -2.32. The number of non-ortho nitro benzene ring substituents is 1. The number of imide groups is 1. The fraction of sp³-hybridized carbons (Fsp3) is 0.179. The normalized spacial score (nSPS) is 19.7. The molecule has 40 heavy (non-hydrogen) atoms. The van der Waals surface area contributed by atoms with E-state index < -0.39 is 33.8 Å². The van der Waals surface area contributed by atoms with Crippen molar-refractivity contribution in [1.29, 1.82) is 0 Å². The average Bonchev–Trinajstić information content (AvgIpc) is 3.46. The highest BCUT2D eigenvalue weighted by molar-refractivity contribution is 8.00. The van der Waals surface area contributed by atoms with Gasteiger partial charge in [-0.05, 0) is 35.4 Å². The number of carbonyl (C=O) groups is 2. The predicted octanol–water partition coefficient (Wildman–Crippen LogP) is 4.73. The van der Waals surface area contributed by atoms with E-state index in [1.165, 1.54) is 31.4 Å². The number of amides is 2. The molecule has 0 spiro atoms. The van der Waals surface area contributed by atoms with Gasteiger partial charge in [-0.2, -0.15) is 0 Å². The Balaban J connectivity index is 1.37. The van der Waals surface area contributed by atoms with Gasteiger partial charge in [0.15, 0.2) is 11.5 Å². The summed E-state index contributed by atoms with van der Waals surface area (Å²) in [4.78, 5) is 54.6. The van der Waals surface area contributed by atoms with Crippen LogP contribution in [0.3, 0.4) is 0 Å². The molecule has 4 aromatic rings. The Morgan fingerprint density at radius 3 is 2.42 bits per heavy atom. The molecule has 3 atom stereocenters. The van der Waals surface area contributed by atoms with Crippen LogP contribution in [-0.2, 0) is 16.2 Å². The first kappa shape index (κ1) is 25.8. The maximum absolute atomic E-state index is 13.9. The summed E-state index contributed by atoms with van der Waals surface area (Å²) >= 11 is 2.17. The Morgan fingerprint density at radius 2 is 1.73 bits per heavy atom. The maximum atomic E-state index is 13.9. The number of benzene rings is 3. The fourth-order valence-electron chi connectivity index (χ4n) is 5.09. The van der Waals surface area contributed by atoms with Gasteiger partial charge >= 0.3 is 4.87 Å². The van der Waals surface area contributed by atoms with Crippen molar-refractivity contribution in [1.82, 2.24) is 4.98 Å². The summed E-state index contributed by atoms with van der Waals surface area (Å²) in [5, 5.41) is 10.9.